The van der Waals surface area contributed by atoms with Crippen LogP contribution in [0.1, 0.15) is 52.7 Å². The Kier molecular flexibility index (Phi) is 7.42. The molecule has 1 unspecified atom stereocenters. The molecular formula is C24H29NO4. The van der Waals surface area contributed by atoms with Crippen molar-refractivity contribution in [1.82, 2.24) is 5.32 Å². The molecule has 0 bridgehead atoms. The van der Waals surface area contributed by atoms with Crippen molar-refractivity contribution in [3.8, 4) is 5.75 Å². The van der Waals surface area contributed by atoms with Crippen LogP contribution in [0, 0.1) is 6.92 Å². The molecule has 29 heavy (non-hydrogen) atoms. The highest BCUT2D eigenvalue weighted by Crippen LogP contribution is 2.23. The topological polar surface area (TPSA) is 75.6 Å². The summed E-state index contributed by atoms with van der Waals surface area (Å²) in [4.78, 5) is 24.4. The number of aliphatic hydroxyl groups is 1. The Bertz CT molecular complexity index is 862. The molecule has 2 aromatic rings. The summed E-state index contributed by atoms with van der Waals surface area (Å²) in [5.74, 6) is 0.425. The van der Waals surface area contributed by atoms with Crippen molar-refractivity contribution >= 4 is 11.7 Å². The Balaban J connectivity index is 1.37. The van der Waals surface area contributed by atoms with Gasteiger partial charge in [-0.1, -0.05) is 24.3 Å². The van der Waals surface area contributed by atoms with Crippen molar-refractivity contribution in [2.45, 2.75) is 51.6 Å². The molecule has 1 aliphatic carbocycles. The van der Waals surface area contributed by atoms with Crippen molar-refractivity contribution in [2.75, 3.05) is 13.2 Å². The first-order valence-corrected chi connectivity index (χ1v) is 10.3. The number of carbonyl (C=O) groups is 2. The van der Waals surface area contributed by atoms with Gasteiger partial charge in [0.25, 0.3) is 0 Å². The summed E-state index contributed by atoms with van der Waals surface area (Å²) in [5.41, 5.74) is 4.37. The van der Waals surface area contributed by atoms with Crippen molar-refractivity contribution in [2.24, 2.45) is 0 Å². The lowest BCUT2D eigenvalue weighted by molar-refractivity contribution is -0.121. The fraction of sp³-hybridized carbons (Fsp3) is 0.417. The Morgan fingerprint density at radius 2 is 1.86 bits per heavy atom. The highest BCUT2D eigenvalue weighted by Gasteiger charge is 2.15. The molecule has 1 atom stereocenters. The molecule has 0 radical (unpaired) electrons. The van der Waals surface area contributed by atoms with Crippen LogP contribution in [0.3, 0.4) is 0 Å². The van der Waals surface area contributed by atoms with Gasteiger partial charge in [-0.05, 0) is 67.5 Å². The highest BCUT2D eigenvalue weighted by atomic mass is 16.5. The van der Waals surface area contributed by atoms with E-state index < -0.39 is 6.10 Å². The first-order chi connectivity index (χ1) is 14.0. The minimum absolute atomic E-state index is 0.0168. The normalized spacial score (nSPS) is 14.0. The van der Waals surface area contributed by atoms with Gasteiger partial charge in [-0.15, -0.1) is 0 Å². The van der Waals surface area contributed by atoms with Crippen LogP contribution in [0.5, 0.6) is 5.75 Å². The zero-order valence-corrected chi connectivity index (χ0v) is 16.9. The highest BCUT2D eigenvalue weighted by molar-refractivity contribution is 5.98. The zero-order chi connectivity index (χ0) is 20.6. The van der Waals surface area contributed by atoms with Crippen LogP contribution in [-0.4, -0.2) is 36.1 Å². The van der Waals surface area contributed by atoms with E-state index >= 15 is 0 Å². The van der Waals surface area contributed by atoms with Crippen LogP contribution in [0.15, 0.2) is 42.5 Å². The van der Waals surface area contributed by atoms with Crippen LogP contribution in [0.2, 0.25) is 0 Å². The van der Waals surface area contributed by atoms with E-state index in [1.807, 2.05) is 49.4 Å². The largest absolute Gasteiger partial charge is 0.491 e. The molecule has 5 heteroatoms. The molecule has 3 rings (SSSR count). The third-order valence-electron chi connectivity index (χ3n) is 5.22. The lowest BCUT2D eigenvalue weighted by Gasteiger charge is -2.16. The third-order valence-corrected chi connectivity index (χ3v) is 5.22. The van der Waals surface area contributed by atoms with E-state index in [1.54, 1.807) is 0 Å². The van der Waals surface area contributed by atoms with Crippen LogP contribution in [-0.2, 0) is 17.6 Å². The lowest BCUT2D eigenvalue weighted by Crippen LogP contribution is -2.35. The Hall–Kier alpha value is -2.66. The number of aliphatic hydroxyl groups excluding tert-OH is 1. The maximum absolute atomic E-state index is 12.4. The van der Waals surface area contributed by atoms with Crippen molar-refractivity contribution in [3.05, 3.63) is 64.7 Å². The summed E-state index contributed by atoms with van der Waals surface area (Å²) in [6.07, 6.45) is 3.96. The van der Waals surface area contributed by atoms with Crippen molar-refractivity contribution < 1.29 is 19.4 Å². The molecule has 0 saturated carbocycles. The number of nitrogens with one attached hydrogen (secondary N) is 1. The van der Waals surface area contributed by atoms with E-state index in [9.17, 15) is 14.7 Å². The fourth-order valence-electron chi connectivity index (χ4n) is 3.55. The van der Waals surface area contributed by atoms with E-state index in [2.05, 4.69) is 5.32 Å². The SMILES string of the molecule is Cc1cccc(OCC(O)CNC(=O)CCC(=O)c2ccc3c(c2)CCCC3)c1. The average molecular weight is 395 g/mol. The Morgan fingerprint density at radius 1 is 1.07 bits per heavy atom. The van der Waals surface area contributed by atoms with E-state index in [1.165, 1.54) is 24.0 Å². The number of fused-ring (bicyclic) bond motifs is 1. The molecule has 2 N–H and O–H groups in total. The molecule has 154 valence electrons. The number of carbonyl (C=O) groups excluding carboxylic acids is 2. The van der Waals surface area contributed by atoms with E-state index in [0.29, 0.717) is 11.3 Å². The number of hydrogen-bond acceptors (Lipinski definition) is 4. The number of benzene rings is 2. The number of aryl methyl sites for hydroxylation is 3. The molecule has 0 fully saturated rings. The minimum atomic E-state index is -0.809. The number of rotatable bonds is 9. The van der Waals surface area contributed by atoms with Crippen LogP contribution in [0.4, 0.5) is 0 Å². The van der Waals surface area contributed by atoms with Gasteiger partial charge in [0.2, 0.25) is 5.91 Å². The van der Waals surface area contributed by atoms with Gasteiger partial charge in [0.05, 0.1) is 0 Å². The number of ether oxygens (including phenoxy) is 1. The van der Waals surface area contributed by atoms with E-state index in [4.69, 9.17) is 4.74 Å². The smallest absolute Gasteiger partial charge is 0.220 e. The second-order valence-electron chi connectivity index (χ2n) is 7.70. The summed E-state index contributed by atoms with van der Waals surface area (Å²) >= 11 is 0. The summed E-state index contributed by atoms with van der Waals surface area (Å²) in [6, 6.07) is 13.5. The van der Waals surface area contributed by atoms with Gasteiger partial charge < -0.3 is 15.2 Å². The van der Waals surface area contributed by atoms with Crippen LogP contribution in [0.25, 0.3) is 0 Å². The number of Topliss-reactive ketones (excluding diaryl/α,β-unsaturated/α-hetero) is 1. The second-order valence-corrected chi connectivity index (χ2v) is 7.70. The standard InChI is InChI=1S/C24H29NO4/c1-17-5-4-8-22(13-17)29-16-21(26)15-25-24(28)12-11-23(27)20-10-9-18-6-2-3-7-19(18)14-20/h4-5,8-10,13-14,21,26H,2-3,6-7,11-12,15-16H2,1H3,(H,25,28). The van der Waals surface area contributed by atoms with Gasteiger partial charge in [0.15, 0.2) is 5.78 Å². The van der Waals surface area contributed by atoms with Gasteiger partial charge in [-0.3, -0.25) is 9.59 Å². The van der Waals surface area contributed by atoms with Crippen molar-refractivity contribution in [3.63, 3.8) is 0 Å². The first kappa shape index (κ1) is 21.1. The summed E-state index contributed by atoms with van der Waals surface area (Å²) in [7, 11) is 0. The van der Waals surface area contributed by atoms with Gasteiger partial charge in [0, 0.05) is 24.9 Å². The van der Waals surface area contributed by atoms with E-state index in [-0.39, 0.29) is 37.7 Å². The molecule has 0 aromatic heterocycles. The number of amides is 1. The summed E-state index contributed by atoms with van der Waals surface area (Å²) in [6.45, 7) is 2.16. The van der Waals surface area contributed by atoms with Crippen molar-refractivity contribution in [1.29, 1.82) is 0 Å². The zero-order valence-electron chi connectivity index (χ0n) is 16.9. The van der Waals surface area contributed by atoms with Crippen LogP contribution >= 0.6 is 0 Å². The molecule has 1 aliphatic rings. The maximum atomic E-state index is 12.4. The summed E-state index contributed by atoms with van der Waals surface area (Å²) < 4.78 is 5.53. The number of ketones is 1. The predicted molar refractivity (Wildman–Crippen MR) is 112 cm³/mol. The monoisotopic (exact) mass is 395 g/mol. The third kappa shape index (κ3) is 6.43. The molecule has 2 aromatic carbocycles. The lowest BCUT2D eigenvalue weighted by atomic mass is 9.89. The van der Waals surface area contributed by atoms with Gasteiger partial charge in [0.1, 0.15) is 18.5 Å². The number of hydrogen-bond donors (Lipinski definition) is 2. The van der Waals surface area contributed by atoms with Gasteiger partial charge in [-0.2, -0.15) is 0 Å². The van der Waals surface area contributed by atoms with E-state index in [0.717, 1.165) is 18.4 Å². The quantitative estimate of drug-likeness (QED) is 0.638. The van der Waals surface area contributed by atoms with Crippen LogP contribution < -0.4 is 10.1 Å². The molecule has 5 nitrogen and oxygen atoms in total. The summed E-state index contributed by atoms with van der Waals surface area (Å²) in [5, 5.41) is 12.7. The predicted octanol–water partition coefficient (Wildman–Crippen LogP) is 3.39. The molecule has 0 saturated heterocycles. The molecular weight excluding hydrogens is 366 g/mol. The fourth-order valence-corrected chi connectivity index (χ4v) is 3.55. The maximum Gasteiger partial charge on any atom is 0.220 e. The average Bonchev–Trinajstić information content (AvgIpc) is 2.74. The Morgan fingerprint density at radius 3 is 2.66 bits per heavy atom. The van der Waals surface area contributed by atoms with Gasteiger partial charge in [-0.25, -0.2) is 0 Å². The van der Waals surface area contributed by atoms with Gasteiger partial charge >= 0.3 is 0 Å². The molecule has 0 aliphatic heterocycles. The first-order valence-electron chi connectivity index (χ1n) is 10.3. The molecule has 1 amide bonds. The Labute approximate surface area is 172 Å². The second kappa shape index (κ2) is 10.2. The molecule has 0 spiro atoms. The molecule has 0 heterocycles. The minimum Gasteiger partial charge on any atom is -0.491 e.